The molecule has 3 fully saturated rings. The van der Waals surface area contributed by atoms with Gasteiger partial charge < -0.3 is 27.0 Å². The smallest absolute Gasteiger partial charge is 0.299 e. The van der Waals surface area contributed by atoms with Crippen LogP contribution in [0.2, 0.25) is 0 Å². The molecule has 1 aliphatic carbocycles. The van der Waals surface area contributed by atoms with Gasteiger partial charge in [0.05, 0.1) is 29.3 Å². The van der Waals surface area contributed by atoms with Gasteiger partial charge in [-0.25, -0.2) is 5.06 Å². The molecule has 16 nitrogen and oxygen atoms in total. The number of rotatable bonds is 19. The summed E-state index contributed by atoms with van der Waals surface area (Å²) in [5, 5.41) is 12.2. The summed E-state index contributed by atoms with van der Waals surface area (Å²) in [4.78, 5) is 120. The van der Waals surface area contributed by atoms with Crippen molar-refractivity contribution in [3.63, 3.8) is 0 Å². The molecule has 2 aliphatic heterocycles. The van der Waals surface area contributed by atoms with Crippen molar-refractivity contribution < 1.29 is 43.2 Å². The fraction of sp³-hybridized carbons (Fsp3) is 0.667. The van der Waals surface area contributed by atoms with Gasteiger partial charge in [0.15, 0.2) is 11.8 Å². The van der Waals surface area contributed by atoms with Crippen molar-refractivity contribution in [3.8, 4) is 0 Å². The summed E-state index contributed by atoms with van der Waals surface area (Å²) in [6, 6.07) is -0.582. The second-order valence-electron chi connectivity index (χ2n) is 16.3. The SMILES string of the molecule is CCC[C@H](N)C(=O)C(=O)N(C(=O)C1CC2(CN1)SCCCS2)C(C(=O)NC(C(=O)N(C)OC)c1ccccc1)C(=O)[C@@H](NC(=O)[C@H](CC(C)C)NC(C)=O)C1CCCCC1. The van der Waals surface area contributed by atoms with Crippen molar-refractivity contribution in [1.82, 2.24) is 31.2 Å². The number of carbonyl (C=O) groups is 8. The number of amides is 6. The first kappa shape index (κ1) is 48.8. The molecule has 1 aromatic carbocycles. The Hall–Kier alpha value is -3.84. The summed E-state index contributed by atoms with van der Waals surface area (Å²) in [5.41, 5.74) is 6.51. The number of ketones is 2. The number of nitrogens with two attached hydrogens (primary N) is 1. The van der Waals surface area contributed by atoms with Crippen LogP contribution in [0.25, 0.3) is 0 Å². The Balaban J connectivity index is 1.91. The number of thioether (sulfide) groups is 2. The van der Waals surface area contributed by atoms with Gasteiger partial charge >= 0.3 is 0 Å². The summed E-state index contributed by atoms with van der Waals surface area (Å²) in [6.07, 6.45) is 5.16. The summed E-state index contributed by atoms with van der Waals surface area (Å²) < 4.78 is -0.416. The van der Waals surface area contributed by atoms with E-state index in [0.717, 1.165) is 29.4 Å². The van der Waals surface area contributed by atoms with E-state index in [1.54, 1.807) is 60.8 Å². The number of nitrogens with one attached hydrogen (secondary N) is 4. The molecule has 1 aromatic rings. The lowest BCUT2D eigenvalue weighted by Crippen LogP contribution is -2.66. The Bertz CT molecular complexity index is 1700. The van der Waals surface area contributed by atoms with Gasteiger partial charge in [-0.15, -0.1) is 23.5 Å². The highest BCUT2D eigenvalue weighted by Crippen LogP contribution is 2.48. The summed E-state index contributed by atoms with van der Waals surface area (Å²) in [7, 11) is 2.59. The highest BCUT2D eigenvalue weighted by Gasteiger charge is 2.52. The molecule has 2 heterocycles. The molecule has 332 valence electrons. The summed E-state index contributed by atoms with van der Waals surface area (Å²) in [6.45, 7) is 7.18. The third-order valence-corrected chi connectivity index (χ3v) is 14.6. The van der Waals surface area contributed by atoms with Crippen LogP contribution < -0.4 is 27.0 Å². The molecule has 4 rings (SSSR count). The first-order valence-electron chi connectivity index (χ1n) is 21.0. The largest absolute Gasteiger partial charge is 0.345 e. The van der Waals surface area contributed by atoms with Crippen LogP contribution in [-0.2, 0) is 43.2 Å². The fourth-order valence-electron chi connectivity index (χ4n) is 8.04. The minimum absolute atomic E-state index is 0.0422. The number of likely N-dealkylation sites (N-methyl/N-ethyl adjacent to an activating group) is 1. The predicted octanol–water partition coefficient (Wildman–Crippen LogP) is 2.40. The van der Waals surface area contributed by atoms with Gasteiger partial charge in [0.1, 0.15) is 12.1 Å². The molecule has 6 N–H and O–H groups in total. The Morgan fingerprint density at radius 2 is 1.58 bits per heavy atom. The van der Waals surface area contributed by atoms with E-state index >= 15 is 14.4 Å². The van der Waals surface area contributed by atoms with Crippen molar-refractivity contribution in [1.29, 1.82) is 0 Å². The number of carbonyl (C=O) groups excluding carboxylic acids is 8. The van der Waals surface area contributed by atoms with Crippen LogP contribution >= 0.6 is 23.5 Å². The van der Waals surface area contributed by atoms with Crippen molar-refractivity contribution in [2.24, 2.45) is 17.6 Å². The maximum absolute atomic E-state index is 15.5. The molecular weight excluding hydrogens is 811 g/mol. The second-order valence-corrected chi connectivity index (χ2v) is 19.5. The van der Waals surface area contributed by atoms with Gasteiger partial charge in [-0.3, -0.25) is 48.1 Å². The van der Waals surface area contributed by atoms with Crippen molar-refractivity contribution in [2.75, 3.05) is 32.2 Å². The lowest BCUT2D eigenvalue weighted by Gasteiger charge is -2.37. The van der Waals surface area contributed by atoms with Gasteiger partial charge in [-0.1, -0.05) is 76.8 Å². The topological polar surface area (TPSA) is 226 Å². The van der Waals surface area contributed by atoms with Crippen LogP contribution in [0.1, 0.15) is 104 Å². The molecule has 0 aromatic heterocycles. The molecule has 6 atom stereocenters. The second kappa shape index (κ2) is 22.8. The van der Waals surface area contributed by atoms with Gasteiger partial charge in [0.25, 0.3) is 17.7 Å². The van der Waals surface area contributed by atoms with E-state index in [9.17, 15) is 24.0 Å². The predicted molar refractivity (Wildman–Crippen MR) is 230 cm³/mol. The number of hydrogen-bond acceptors (Lipinski definition) is 13. The molecule has 18 heteroatoms. The number of benzene rings is 1. The standard InChI is InChI=1S/C42H63N7O9S2/c1-7-15-29(43)35(51)41(57)49(39(55)31-23-42(24-44-31)59-20-14-21-60-42)34(38(54)47-33(40(56)48(5)58-6)28-18-12-9-13-19-28)36(52)32(27-16-10-8-11-17-27)46-37(53)30(22-25(2)3)45-26(4)50/h9,12-13,18-19,25,27,29-34,44H,7-8,10-11,14-17,20-24,43H2,1-6H3,(H,45,50)(H,46,53)(H,47,54)/t29-,30-,31?,32-,33?,34?/m0/s1. The average molecular weight is 874 g/mol. The van der Waals surface area contributed by atoms with Crippen LogP contribution in [0.15, 0.2) is 30.3 Å². The molecule has 2 saturated heterocycles. The lowest BCUT2D eigenvalue weighted by atomic mass is 9.80. The van der Waals surface area contributed by atoms with Gasteiger partial charge in [-0.05, 0) is 67.4 Å². The van der Waals surface area contributed by atoms with E-state index in [4.69, 9.17) is 10.6 Å². The first-order chi connectivity index (χ1) is 28.5. The number of hydroxylamine groups is 2. The Morgan fingerprint density at radius 3 is 2.17 bits per heavy atom. The van der Waals surface area contributed by atoms with Gasteiger partial charge in [0, 0.05) is 20.5 Å². The highest BCUT2D eigenvalue weighted by molar-refractivity contribution is 8.18. The van der Waals surface area contributed by atoms with E-state index in [1.807, 2.05) is 13.8 Å². The molecule has 60 heavy (non-hydrogen) atoms. The minimum Gasteiger partial charge on any atom is -0.345 e. The lowest BCUT2D eigenvalue weighted by molar-refractivity contribution is -0.172. The zero-order chi connectivity index (χ0) is 44.1. The molecule has 0 radical (unpaired) electrons. The molecule has 3 unspecified atom stereocenters. The minimum atomic E-state index is -2.34. The molecule has 1 spiro atoms. The third-order valence-electron chi connectivity index (χ3n) is 11.2. The van der Waals surface area contributed by atoms with Crippen LogP contribution in [-0.4, -0.2) is 123 Å². The van der Waals surface area contributed by atoms with Crippen LogP contribution in [0.3, 0.4) is 0 Å². The van der Waals surface area contributed by atoms with Crippen LogP contribution in [0.4, 0.5) is 0 Å². The normalized spacial score (nSPS) is 20.2. The van der Waals surface area contributed by atoms with Crippen molar-refractivity contribution >= 4 is 70.5 Å². The molecule has 1 saturated carbocycles. The Labute approximate surface area is 361 Å². The number of Topliss-reactive ketones (excluding diaryl/α,β-unsaturated/α-hetero) is 2. The van der Waals surface area contributed by atoms with E-state index in [2.05, 4.69) is 21.3 Å². The van der Waals surface area contributed by atoms with Crippen molar-refractivity contribution in [2.45, 2.75) is 132 Å². The Morgan fingerprint density at radius 1 is 0.933 bits per heavy atom. The number of hydrogen-bond donors (Lipinski definition) is 5. The average Bonchev–Trinajstić information content (AvgIpc) is 3.64. The van der Waals surface area contributed by atoms with E-state index < -0.39 is 93.3 Å². The van der Waals surface area contributed by atoms with Crippen LogP contribution in [0, 0.1) is 11.8 Å². The monoisotopic (exact) mass is 873 g/mol. The zero-order valence-electron chi connectivity index (χ0n) is 35.7. The van der Waals surface area contributed by atoms with Gasteiger partial charge in [-0.2, -0.15) is 0 Å². The first-order valence-corrected chi connectivity index (χ1v) is 23.0. The summed E-state index contributed by atoms with van der Waals surface area (Å²) in [5.74, 6) is -6.60. The molecule has 0 bridgehead atoms. The molecule has 6 amide bonds. The van der Waals surface area contributed by atoms with Gasteiger partial charge in [0.2, 0.25) is 23.5 Å². The number of imide groups is 1. The fourth-order valence-corrected chi connectivity index (χ4v) is 11.3. The van der Waals surface area contributed by atoms with Crippen LogP contribution in [0.5, 0.6) is 0 Å². The number of nitrogens with zero attached hydrogens (tertiary/aromatic N) is 2. The third kappa shape index (κ3) is 12.6. The zero-order valence-corrected chi connectivity index (χ0v) is 37.3. The molecule has 3 aliphatic rings. The maximum atomic E-state index is 15.5. The maximum Gasteiger partial charge on any atom is 0.299 e. The van der Waals surface area contributed by atoms with E-state index in [-0.39, 0.29) is 25.2 Å². The Kier molecular flexibility index (Phi) is 18.6. The van der Waals surface area contributed by atoms with E-state index in [1.165, 1.54) is 21.1 Å². The quantitative estimate of drug-likeness (QED) is 0.0766. The highest BCUT2D eigenvalue weighted by atomic mass is 32.2. The summed E-state index contributed by atoms with van der Waals surface area (Å²) >= 11 is 3.38. The van der Waals surface area contributed by atoms with E-state index in [0.29, 0.717) is 49.1 Å². The molecular formula is C42H63N7O9S2. The van der Waals surface area contributed by atoms with Crippen molar-refractivity contribution in [3.05, 3.63) is 35.9 Å².